The van der Waals surface area contributed by atoms with Gasteiger partial charge in [-0.25, -0.2) is 0 Å². The van der Waals surface area contributed by atoms with Crippen LogP contribution in [0.3, 0.4) is 0 Å². The molecule has 1 fully saturated rings. The summed E-state index contributed by atoms with van der Waals surface area (Å²) in [6, 6.07) is 0. The largest absolute Gasteiger partial charge is 0.481 e. The van der Waals surface area contributed by atoms with Gasteiger partial charge in [0.25, 0.3) is 0 Å². The van der Waals surface area contributed by atoms with Gasteiger partial charge in [0, 0.05) is 13.2 Å². The van der Waals surface area contributed by atoms with Gasteiger partial charge in [-0.15, -0.1) is 0 Å². The second-order valence-electron chi connectivity index (χ2n) is 3.96. The minimum Gasteiger partial charge on any atom is -0.481 e. The van der Waals surface area contributed by atoms with Crippen LogP contribution in [0.5, 0.6) is 0 Å². The fraction of sp³-hybridized carbons (Fsp3) is 0.900. The summed E-state index contributed by atoms with van der Waals surface area (Å²) in [5, 5.41) is 8.84. The highest BCUT2D eigenvalue weighted by molar-refractivity contribution is 5.69. The third kappa shape index (κ3) is 2.69. The highest BCUT2D eigenvalue weighted by Crippen LogP contribution is 2.27. The van der Waals surface area contributed by atoms with E-state index in [4.69, 9.17) is 9.84 Å². The third-order valence-electron chi connectivity index (χ3n) is 3.12. The minimum atomic E-state index is -0.696. The van der Waals surface area contributed by atoms with Crippen LogP contribution in [0.2, 0.25) is 0 Å². The molecule has 0 aromatic heterocycles. The van der Waals surface area contributed by atoms with E-state index in [1.165, 1.54) is 0 Å². The van der Waals surface area contributed by atoms with Crippen LogP contribution < -0.4 is 0 Å². The number of rotatable bonds is 3. The smallest absolute Gasteiger partial charge is 0.306 e. The van der Waals surface area contributed by atoms with E-state index in [-0.39, 0.29) is 11.8 Å². The zero-order chi connectivity index (χ0) is 9.84. The second-order valence-corrected chi connectivity index (χ2v) is 3.96. The van der Waals surface area contributed by atoms with Crippen LogP contribution in [0.1, 0.15) is 26.7 Å². The van der Waals surface area contributed by atoms with Crippen LogP contribution >= 0.6 is 0 Å². The Hall–Kier alpha value is -0.570. The van der Waals surface area contributed by atoms with Gasteiger partial charge in [0.2, 0.25) is 0 Å². The molecule has 76 valence electrons. The number of aliphatic carboxylic acids is 1. The second kappa shape index (κ2) is 4.61. The van der Waals surface area contributed by atoms with Crippen LogP contribution in [0.4, 0.5) is 0 Å². The van der Waals surface area contributed by atoms with Gasteiger partial charge in [0.05, 0.1) is 5.92 Å². The standard InChI is InChI=1S/C10H18O3/c1-7(8(2)10(11)12)9-4-3-5-13-6-9/h7-9H,3-6H2,1-2H3,(H,11,12). The normalized spacial score (nSPS) is 28.0. The Bertz CT molecular complexity index is 173. The highest BCUT2D eigenvalue weighted by Gasteiger charge is 2.28. The number of carboxylic acid groups (broad SMARTS) is 1. The maximum atomic E-state index is 10.7. The van der Waals surface area contributed by atoms with Crippen LogP contribution in [0.25, 0.3) is 0 Å². The molecule has 0 bridgehead atoms. The molecule has 0 amide bonds. The molecule has 1 heterocycles. The SMILES string of the molecule is CC(C(=O)O)C(C)C1CCCOC1. The van der Waals surface area contributed by atoms with Crippen molar-refractivity contribution in [3.8, 4) is 0 Å². The summed E-state index contributed by atoms with van der Waals surface area (Å²) in [6.07, 6.45) is 2.18. The average Bonchev–Trinajstić information content (AvgIpc) is 2.17. The van der Waals surface area contributed by atoms with Gasteiger partial charge in [-0.05, 0) is 24.7 Å². The number of carbonyl (C=O) groups is 1. The lowest BCUT2D eigenvalue weighted by Crippen LogP contribution is -2.30. The fourth-order valence-corrected chi connectivity index (χ4v) is 1.81. The van der Waals surface area contributed by atoms with Crippen molar-refractivity contribution in [2.24, 2.45) is 17.8 Å². The highest BCUT2D eigenvalue weighted by atomic mass is 16.5. The maximum absolute atomic E-state index is 10.7. The van der Waals surface area contributed by atoms with Gasteiger partial charge >= 0.3 is 5.97 Å². The van der Waals surface area contributed by atoms with E-state index in [9.17, 15) is 4.79 Å². The zero-order valence-electron chi connectivity index (χ0n) is 8.32. The van der Waals surface area contributed by atoms with Crippen molar-refractivity contribution in [1.29, 1.82) is 0 Å². The van der Waals surface area contributed by atoms with Crippen LogP contribution in [0, 0.1) is 17.8 Å². The summed E-state index contributed by atoms with van der Waals surface area (Å²) < 4.78 is 5.34. The summed E-state index contributed by atoms with van der Waals surface area (Å²) in [5.74, 6) is -0.303. The number of carboxylic acids is 1. The predicted molar refractivity (Wildman–Crippen MR) is 49.5 cm³/mol. The van der Waals surface area contributed by atoms with Crippen molar-refractivity contribution in [3.05, 3.63) is 0 Å². The minimum absolute atomic E-state index is 0.220. The van der Waals surface area contributed by atoms with Gasteiger partial charge in [0.1, 0.15) is 0 Å². The molecule has 1 rings (SSSR count). The van der Waals surface area contributed by atoms with Crippen molar-refractivity contribution >= 4 is 5.97 Å². The third-order valence-corrected chi connectivity index (χ3v) is 3.12. The summed E-state index contributed by atoms with van der Waals surface area (Å²) in [5.41, 5.74) is 0. The van der Waals surface area contributed by atoms with Crippen molar-refractivity contribution in [2.45, 2.75) is 26.7 Å². The molecule has 1 aliphatic rings. The molecule has 0 saturated carbocycles. The Balaban J connectivity index is 2.44. The van der Waals surface area contributed by atoms with Gasteiger partial charge in [0.15, 0.2) is 0 Å². The lowest BCUT2D eigenvalue weighted by molar-refractivity contribution is -0.144. The Kier molecular flexibility index (Phi) is 3.72. The molecule has 3 heteroatoms. The average molecular weight is 186 g/mol. The Morgan fingerprint density at radius 1 is 1.54 bits per heavy atom. The Morgan fingerprint density at radius 2 is 2.23 bits per heavy atom. The fourth-order valence-electron chi connectivity index (χ4n) is 1.81. The van der Waals surface area contributed by atoms with Gasteiger partial charge in [-0.1, -0.05) is 13.8 Å². The summed E-state index contributed by atoms with van der Waals surface area (Å²) in [4.78, 5) is 10.7. The van der Waals surface area contributed by atoms with Crippen LogP contribution in [-0.2, 0) is 9.53 Å². The number of ether oxygens (including phenoxy) is 1. The number of hydrogen-bond acceptors (Lipinski definition) is 2. The molecule has 3 nitrogen and oxygen atoms in total. The molecule has 1 N–H and O–H groups in total. The zero-order valence-corrected chi connectivity index (χ0v) is 8.32. The maximum Gasteiger partial charge on any atom is 0.306 e. The van der Waals surface area contributed by atoms with Crippen molar-refractivity contribution in [3.63, 3.8) is 0 Å². The monoisotopic (exact) mass is 186 g/mol. The molecule has 0 aromatic rings. The molecule has 0 spiro atoms. The molecule has 3 unspecified atom stereocenters. The molecule has 0 radical (unpaired) electrons. The van der Waals surface area contributed by atoms with E-state index in [2.05, 4.69) is 0 Å². The molecular weight excluding hydrogens is 168 g/mol. The van der Waals surface area contributed by atoms with E-state index in [1.807, 2.05) is 6.92 Å². The van der Waals surface area contributed by atoms with Gasteiger partial charge in [-0.3, -0.25) is 4.79 Å². The Morgan fingerprint density at radius 3 is 2.69 bits per heavy atom. The molecule has 1 aliphatic heterocycles. The topological polar surface area (TPSA) is 46.5 Å². The molecular formula is C10H18O3. The molecule has 1 saturated heterocycles. The van der Waals surface area contributed by atoms with E-state index in [1.54, 1.807) is 6.92 Å². The summed E-state index contributed by atoms with van der Waals surface area (Å²) >= 11 is 0. The molecule has 13 heavy (non-hydrogen) atoms. The molecule has 0 aliphatic carbocycles. The summed E-state index contributed by atoms with van der Waals surface area (Å²) in [6.45, 7) is 5.36. The predicted octanol–water partition coefficient (Wildman–Crippen LogP) is 1.77. The lowest BCUT2D eigenvalue weighted by Gasteiger charge is -2.29. The van der Waals surface area contributed by atoms with Gasteiger partial charge in [-0.2, -0.15) is 0 Å². The number of hydrogen-bond donors (Lipinski definition) is 1. The van der Waals surface area contributed by atoms with E-state index in [0.717, 1.165) is 26.1 Å². The van der Waals surface area contributed by atoms with Crippen molar-refractivity contribution in [2.75, 3.05) is 13.2 Å². The van der Waals surface area contributed by atoms with Gasteiger partial charge < -0.3 is 9.84 Å². The first kappa shape index (κ1) is 10.5. The first-order chi connectivity index (χ1) is 6.13. The van der Waals surface area contributed by atoms with Crippen molar-refractivity contribution in [1.82, 2.24) is 0 Å². The van der Waals surface area contributed by atoms with E-state index >= 15 is 0 Å². The first-order valence-corrected chi connectivity index (χ1v) is 4.93. The van der Waals surface area contributed by atoms with Crippen molar-refractivity contribution < 1.29 is 14.6 Å². The van der Waals surface area contributed by atoms with E-state index < -0.39 is 5.97 Å². The Labute approximate surface area is 79.1 Å². The first-order valence-electron chi connectivity index (χ1n) is 4.93. The summed E-state index contributed by atoms with van der Waals surface area (Å²) in [7, 11) is 0. The van der Waals surface area contributed by atoms with Crippen LogP contribution in [0.15, 0.2) is 0 Å². The van der Waals surface area contributed by atoms with E-state index in [0.29, 0.717) is 5.92 Å². The molecule has 0 aromatic carbocycles. The quantitative estimate of drug-likeness (QED) is 0.730. The molecule has 3 atom stereocenters. The van der Waals surface area contributed by atoms with Crippen LogP contribution in [-0.4, -0.2) is 24.3 Å². The lowest BCUT2D eigenvalue weighted by atomic mass is 9.81.